The number of aryl methyl sites for hydroxylation is 2. The van der Waals surface area contributed by atoms with E-state index in [0.29, 0.717) is 0 Å². The minimum atomic E-state index is -0.198. The third-order valence-corrected chi connectivity index (χ3v) is 5.53. The van der Waals surface area contributed by atoms with Crippen LogP contribution in [0.4, 0.5) is 17.1 Å². The lowest BCUT2D eigenvalue weighted by Gasteiger charge is -2.29. The first-order chi connectivity index (χ1) is 14.0. The summed E-state index contributed by atoms with van der Waals surface area (Å²) in [6.45, 7) is 7.72. The smallest absolute Gasteiger partial charge is 0.244 e. The molecule has 2 aromatic carbocycles. The molecule has 2 aromatic rings. The van der Waals surface area contributed by atoms with Gasteiger partial charge in [0.15, 0.2) is 0 Å². The molecule has 29 heavy (non-hydrogen) atoms. The molecule has 0 spiro atoms. The molecule has 1 heterocycles. The minimum Gasteiger partial charge on any atom is -0.372 e. The molecule has 1 aliphatic heterocycles. The van der Waals surface area contributed by atoms with Gasteiger partial charge in [-0.3, -0.25) is 9.59 Å². The van der Waals surface area contributed by atoms with Crippen molar-refractivity contribution in [1.82, 2.24) is 0 Å². The Hall–Kier alpha value is -2.82. The van der Waals surface area contributed by atoms with Crippen molar-refractivity contribution in [3.8, 4) is 0 Å². The first-order valence-electron chi connectivity index (χ1n) is 10.5. The molecule has 1 N–H and O–H groups in total. The van der Waals surface area contributed by atoms with Crippen LogP contribution in [0.2, 0.25) is 0 Å². The van der Waals surface area contributed by atoms with Gasteiger partial charge in [0.1, 0.15) is 6.54 Å². The number of piperidine rings is 1. The van der Waals surface area contributed by atoms with Crippen LogP contribution in [-0.2, 0) is 16.0 Å². The van der Waals surface area contributed by atoms with Crippen LogP contribution in [0.15, 0.2) is 42.5 Å². The van der Waals surface area contributed by atoms with E-state index in [1.54, 1.807) is 4.90 Å². The molecule has 0 radical (unpaired) electrons. The van der Waals surface area contributed by atoms with Gasteiger partial charge in [-0.1, -0.05) is 25.1 Å². The second-order valence-electron chi connectivity index (χ2n) is 7.68. The molecule has 5 heteroatoms. The van der Waals surface area contributed by atoms with Crippen LogP contribution in [0, 0.1) is 6.92 Å². The molecule has 0 saturated carbocycles. The largest absolute Gasteiger partial charge is 0.372 e. The van der Waals surface area contributed by atoms with Crippen LogP contribution in [0.25, 0.3) is 0 Å². The number of rotatable bonds is 6. The fourth-order valence-electron chi connectivity index (χ4n) is 3.99. The lowest BCUT2D eigenvalue weighted by atomic mass is 10.0. The highest BCUT2D eigenvalue weighted by Gasteiger charge is 2.20. The topological polar surface area (TPSA) is 52.7 Å². The fourth-order valence-corrected chi connectivity index (χ4v) is 3.99. The Labute approximate surface area is 173 Å². The molecule has 154 valence electrons. The lowest BCUT2D eigenvalue weighted by Crippen LogP contribution is -2.37. The Morgan fingerprint density at radius 1 is 1.03 bits per heavy atom. The second kappa shape index (κ2) is 9.59. The summed E-state index contributed by atoms with van der Waals surface area (Å²) in [6.07, 6.45) is 4.58. The van der Waals surface area contributed by atoms with E-state index in [2.05, 4.69) is 29.3 Å². The standard InChI is InChI=1S/C24H31N3O2/c1-4-20-10-8-9-18(2)24(20)27(19(3)28)17-23(29)25-21-11-13-22(14-12-21)26-15-6-5-7-16-26/h8-14H,4-7,15-17H2,1-3H3,(H,25,29). The van der Waals surface area contributed by atoms with Gasteiger partial charge in [-0.05, 0) is 68.0 Å². The highest BCUT2D eigenvalue weighted by molar-refractivity contribution is 6.02. The maximum atomic E-state index is 12.7. The van der Waals surface area contributed by atoms with Crippen molar-refractivity contribution in [2.45, 2.75) is 46.5 Å². The third-order valence-electron chi connectivity index (χ3n) is 5.53. The Bertz CT molecular complexity index is 855. The highest BCUT2D eigenvalue weighted by atomic mass is 16.2. The number of nitrogens with one attached hydrogen (secondary N) is 1. The summed E-state index contributed by atoms with van der Waals surface area (Å²) in [5, 5.41) is 2.93. The lowest BCUT2D eigenvalue weighted by molar-refractivity contribution is -0.120. The number of amides is 2. The maximum absolute atomic E-state index is 12.7. The number of benzene rings is 2. The zero-order valence-electron chi connectivity index (χ0n) is 17.7. The Morgan fingerprint density at radius 3 is 2.34 bits per heavy atom. The normalized spacial score (nSPS) is 13.8. The van der Waals surface area contributed by atoms with Gasteiger partial charge in [0.05, 0.1) is 5.69 Å². The zero-order valence-corrected chi connectivity index (χ0v) is 17.7. The number of carbonyl (C=O) groups excluding carboxylic acids is 2. The van der Waals surface area contributed by atoms with Crippen molar-refractivity contribution < 1.29 is 9.59 Å². The van der Waals surface area contributed by atoms with E-state index in [1.807, 2.05) is 37.3 Å². The summed E-state index contributed by atoms with van der Waals surface area (Å²) in [5.74, 6) is -0.333. The van der Waals surface area contributed by atoms with Crippen LogP contribution in [0.3, 0.4) is 0 Å². The first kappa shape index (κ1) is 20.9. The number of hydrogen-bond acceptors (Lipinski definition) is 3. The minimum absolute atomic E-state index is 0.00105. The van der Waals surface area contributed by atoms with Gasteiger partial charge < -0.3 is 15.1 Å². The number of nitrogens with zero attached hydrogens (tertiary/aromatic N) is 2. The SMILES string of the molecule is CCc1cccc(C)c1N(CC(=O)Nc1ccc(N2CCCCC2)cc1)C(C)=O. The second-order valence-corrected chi connectivity index (χ2v) is 7.68. The van der Waals surface area contributed by atoms with E-state index in [9.17, 15) is 9.59 Å². The summed E-state index contributed by atoms with van der Waals surface area (Å²) in [5.41, 5.74) is 4.86. The van der Waals surface area contributed by atoms with E-state index in [1.165, 1.54) is 31.9 Å². The Balaban J connectivity index is 1.69. The van der Waals surface area contributed by atoms with Gasteiger partial charge in [-0.2, -0.15) is 0 Å². The van der Waals surface area contributed by atoms with Gasteiger partial charge in [0, 0.05) is 31.4 Å². The van der Waals surface area contributed by atoms with Crippen molar-refractivity contribution in [2.24, 2.45) is 0 Å². The average molecular weight is 394 g/mol. The predicted octanol–water partition coefficient (Wildman–Crippen LogP) is 4.54. The van der Waals surface area contributed by atoms with Crippen molar-refractivity contribution in [3.05, 3.63) is 53.6 Å². The molecule has 5 nitrogen and oxygen atoms in total. The predicted molar refractivity (Wildman–Crippen MR) is 120 cm³/mol. The number of hydrogen-bond donors (Lipinski definition) is 1. The van der Waals surface area contributed by atoms with E-state index >= 15 is 0 Å². The van der Waals surface area contributed by atoms with Crippen LogP contribution < -0.4 is 15.1 Å². The number of anilines is 3. The van der Waals surface area contributed by atoms with Crippen molar-refractivity contribution in [1.29, 1.82) is 0 Å². The van der Waals surface area contributed by atoms with Gasteiger partial charge in [-0.15, -0.1) is 0 Å². The number of para-hydroxylation sites is 1. The average Bonchev–Trinajstić information content (AvgIpc) is 2.73. The van der Waals surface area contributed by atoms with E-state index in [0.717, 1.165) is 42.0 Å². The molecule has 0 atom stereocenters. The molecule has 1 fully saturated rings. The fraction of sp³-hybridized carbons (Fsp3) is 0.417. The Kier molecular flexibility index (Phi) is 6.91. The molecule has 2 amide bonds. The third kappa shape index (κ3) is 5.17. The molecular formula is C24H31N3O2. The highest BCUT2D eigenvalue weighted by Crippen LogP contribution is 2.26. The molecule has 1 aliphatic rings. The molecule has 1 saturated heterocycles. The summed E-state index contributed by atoms with van der Waals surface area (Å²) >= 11 is 0. The Morgan fingerprint density at radius 2 is 1.72 bits per heavy atom. The van der Waals surface area contributed by atoms with Crippen LogP contribution in [0.5, 0.6) is 0 Å². The van der Waals surface area contributed by atoms with Gasteiger partial charge >= 0.3 is 0 Å². The molecule has 0 aliphatic carbocycles. The van der Waals surface area contributed by atoms with Crippen LogP contribution in [-0.4, -0.2) is 31.4 Å². The first-order valence-corrected chi connectivity index (χ1v) is 10.5. The molecule has 0 aromatic heterocycles. The monoisotopic (exact) mass is 393 g/mol. The van der Waals surface area contributed by atoms with Crippen molar-refractivity contribution in [3.63, 3.8) is 0 Å². The summed E-state index contributed by atoms with van der Waals surface area (Å²) in [7, 11) is 0. The zero-order chi connectivity index (χ0) is 20.8. The summed E-state index contributed by atoms with van der Waals surface area (Å²) < 4.78 is 0. The van der Waals surface area contributed by atoms with Crippen molar-refractivity contribution in [2.75, 3.05) is 34.8 Å². The van der Waals surface area contributed by atoms with E-state index in [-0.39, 0.29) is 18.4 Å². The van der Waals surface area contributed by atoms with Gasteiger partial charge in [0.25, 0.3) is 0 Å². The van der Waals surface area contributed by atoms with Gasteiger partial charge in [0.2, 0.25) is 11.8 Å². The van der Waals surface area contributed by atoms with Crippen LogP contribution in [0.1, 0.15) is 44.2 Å². The van der Waals surface area contributed by atoms with E-state index in [4.69, 9.17) is 0 Å². The molecular weight excluding hydrogens is 362 g/mol. The van der Waals surface area contributed by atoms with Crippen molar-refractivity contribution >= 4 is 28.9 Å². The molecule has 3 rings (SSSR count). The quantitative estimate of drug-likeness (QED) is 0.784. The van der Waals surface area contributed by atoms with Crippen LogP contribution >= 0.6 is 0 Å². The number of carbonyl (C=O) groups is 2. The maximum Gasteiger partial charge on any atom is 0.244 e. The summed E-state index contributed by atoms with van der Waals surface area (Å²) in [4.78, 5) is 29.0. The molecule has 0 bridgehead atoms. The van der Waals surface area contributed by atoms with E-state index < -0.39 is 0 Å². The van der Waals surface area contributed by atoms with Gasteiger partial charge in [-0.25, -0.2) is 0 Å². The summed E-state index contributed by atoms with van der Waals surface area (Å²) in [6, 6.07) is 14.0. The molecule has 0 unspecified atom stereocenters.